The van der Waals surface area contributed by atoms with Crippen molar-refractivity contribution < 1.29 is 9.59 Å². The number of carbonyl (C=O) groups excluding carboxylic acids is 2. The van der Waals surface area contributed by atoms with Crippen molar-refractivity contribution in [1.82, 2.24) is 0 Å². The number of benzene rings is 3. The fraction of sp³-hybridized carbons (Fsp3) is 0.160. The monoisotopic (exact) mass is 397 g/mol. The van der Waals surface area contributed by atoms with Crippen molar-refractivity contribution in [2.75, 3.05) is 11.1 Å². The second-order valence-corrected chi connectivity index (χ2v) is 8.07. The van der Waals surface area contributed by atoms with Gasteiger partial charge in [-0.3, -0.25) is 9.59 Å². The summed E-state index contributed by atoms with van der Waals surface area (Å²) in [4.78, 5) is 25.9. The Balaban J connectivity index is 1.92. The lowest BCUT2D eigenvalue weighted by molar-refractivity contribution is 0.102. The summed E-state index contributed by atoms with van der Waals surface area (Å²) < 4.78 is 0. The molecule has 0 spiro atoms. The van der Waals surface area contributed by atoms with Crippen molar-refractivity contribution in [1.29, 1.82) is 5.26 Å². The number of hydrogen-bond acceptors (Lipinski definition) is 4. The Morgan fingerprint density at radius 1 is 0.933 bits per heavy atom. The minimum Gasteiger partial charge on any atom is -0.397 e. The molecular formula is C25H23N3O2. The average Bonchev–Trinajstić information content (AvgIpc) is 2.74. The van der Waals surface area contributed by atoms with Crippen molar-refractivity contribution in [2.45, 2.75) is 26.2 Å². The second kappa shape index (κ2) is 8.22. The Bertz CT molecular complexity index is 1150. The molecule has 0 aromatic heterocycles. The Morgan fingerprint density at radius 3 is 2.23 bits per heavy atom. The van der Waals surface area contributed by atoms with E-state index in [0.717, 1.165) is 5.56 Å². The largest absolute Gasteiger partial charge is 0.397 e. The molecule has 0 saturated heterocycles. The van der Waals surface area contributed by atoms with Crippen LogP contribution in [0.15, 0.2) is 66.7 Å². The molecule has 5 nitrogen and oxygen atoms in total. The van der Waals surface area contributed by atoms with Gasteiger partial charge < -0.3 is 11.1 Å². The van der Waals surface area contributed by atoms with Crippen LogP contribution < -0.4 is 11.1 Å². The maximum atomic E-state index is 13.0. The summed E-state index contributed by atoms with van der Waals surface area (Å²) in [6.45, 7) is 6.31. The molecule has 0 aliphatic rings. The van der Waals surface area contributed by atoms with Gasteiger partial charge in [0, 0.05) is 16.7 Å². The molecule has 30 heavy (non-hydrogen) atoms. The molecular weight excluding hydrogens is 374 g/mol. The normalized spacial score (nSPS) is 10.9. The van der Waals surface area contributed by atoms with Crippen molar-refractivity contribution >= 4 is 23.1 Å². The highest BCUT2D eigenvalue weighted by atomic mass is 16.1. The number of anilines is 2. The molecule has 3 aromatic rings. The lowest BCUT2D eigenvalue weighted by atomic mass is 9.86. The van der Waals surface area contributed by atoms with Gasteiger partial charge in [0.1, 0.15) is 0 Å². The number of hydrogen-bond donors (Lipinski definition) is 2. The molecule has 0 radical (unpaired) electrons. The first-order valence-electron chi connectivity index (χ1n) is 9.56. The molecule has 3 rings (SSSR count). The average molecular weight is 397 g/mol. The van der Waals surface area contributed by atoms with Crippen molar-refractivity contribution in [3.05, 3.63) is 94.5 Å². The molecule has 3 aromatic carbocycles. The third-order valence-electron chi connectivity index (χ3n) is 4.85. The van der Waals surface area contributed by atoms with Gasteiger partial charge in [0.2, 0.25) is 0 Å². The van der Waals surface area contributed by atoms with Crippen molar-refractivity contribution in [3.8, 4) is 6.07 Å². The van der Waals surface area contributed by atoms with Crippen LogP contribution in [-0.2, 0) is 5.41 Å². The Labute approximate surface area is 176 Å². The predicted octanol–water partition coefficient (Wildman–Crippen LogP) is 4.92. The minimum absolute atomic E-state index is 0.0174. The van der Waals surface area contributed by atoms with E-state index >= 15 is 0 Å². The molecule has 1 amide bonds. The fourth-order valence-electron chi connectivity index (χ4n) is 3.09. The third-order valence-corrected chi connectivity index (χ3v) is 4.85. The molecule has 0 atom stereocenters. The van der Waals surface area contributed by atoms with Crippen LogP contribution in [0.1, 0.15) is 58.2 Å². The molecule has 5 heteroatoms. The van der Waals surface area contributed by atoms with Gasteiger partial charge in [0.15, 0.2) is 5.78 Å². The molecule has 3 N–H and O–H groups in total. The molecule has 0 heterocycles. The number of amides is 1. The highest BCUT2D eigenvalue weighted by Gasteiger charge is 2.19. The van der Waals surface area contributed by atoms with Crippen LogP contribution in [0.5, 0.6) is 0 Å². The van der Waals surface area contributed by atoms with E-state index in [4.69, 9.17) is 11.0 Å². The second-order valence-electron chi connectivity index (χ2n) is 8.07. The van der Waals surface area contributed by atoms with Crippen LogP contribution in [-0.4, -0.2) is 11.7 Å². The predicted molar refractivity (Wildman–Crippen MR) is 119 cm³/mol. The van der Waals surface area contributed by atoms with Crippen LogP contribution in [0.3, 0.4) is 0 Å². The quantitative estimate of drug-likeness (QED) is 0.482. The summed E-state index contributed by atoms with van der Waals surface area (Å²) in [5.74, 6) is -0.675. The lowest BCUT2D eigenvalue weighted by Gasteiger charge is -2.19. The van der Waals surface area contributed by atoms with Gasteiger partial charge in [-0.2, -0.15) is 5.26 Å². The molecule has 0 aliphatic heterocycles. The maximum absolute atomic E-state index is 13.0. The summed E-state index contributed by atoms with van der Waals surface area (Å²) in [5.41, 5.74) is 9.20. The minimum atomic E-state index is -0.354. The molecule has 0 unspecified atom stereocenters. The smallest absolute Gasteiger partial charge is 0.255 e. The first-order valence-corrected chi connectivity index (χ1v) is 9.56. The zero-order valence-electron chi connectivity index (χ0n) is 17.2. The van der Waals surface area contributed by atoms with Crippen molar-refractivity contribution in [3.63, 3.8) is 0 Å². The lowest BCUT2D eigenvalue weighted by Crippen LogP contribution is -2.17. The summed E-state index contributed by atoms with van der Waals surface area (Å²) in [7, 11) is 0. The third kappa shape index (κ3) is 4.39. The number of nitrogens with one attached hydrogen (secondary N) is 1. The summed E-state index contributed by atoms with van der Waals surface area (Å²) in [6, 6.07) is 20.7. The zero-order chi connectivity index (χ0) is 21.9. The van der Waals surface area contributed by atoms with Crippen LogP contribution in [0.25, 0.3) is 0 Å². The first-order chi connectivity index (χ1) is 14.2. The van der Waals surface area contributed by atoms with Gasteiger partial charge in [-0.05, 0) is 47.4 Å². The van der Waals surface area contributed by atoms with E-state index in [1.165, 1.54) is 6.07 Å². The van der Waals surface area contributed by atoms with E-state index in [9.17, 15) is 9.59 Å². The van der Waals surface area contributed by atoms with E-state index in [1.54, 1.807) is 48.5 Å². The number of para-hydroxylation sites is 1. The van der Waals surface area contributed by atoms with Crippen LogP contribution >= 0.6 is 0 Å². The number of nitrogens with two attached hydrogens (primary N) is 1. The molecule has 150 valence electrons. The van der Waals surface area contributed by atoms with Gasteiger partial charge >= 0.3 is 0 Å². The zero-order valence-corrected chi connectivity index (χ0v) is 17.2. The molecule has 0 bridgehead atoms. The number of nitrogen functional groups attached to an aromatic ring is 1. The van der Waals surface area contributed by atoms with Gasteiger partial charge in [0.25, 0.3) is 5.91 Å². The molecule has 0 aliphatic carbocycles. The number of ketones is 1. The Hall–Kier alpha value is -3.91. The van der Waals surface area contributed by atoms with E-state index in [0.29, 0.717) is 16.7 Å². The first kappa shape index (κ1) is 20.8. The van der Waals surface area contributed by atoms with Crippen LogP contribution in [0.4, 0.5) is 11.4 Å². The van der Waals surface area contributed by atoms with Gasteiger partial charge in [-0.25, -0.2) is 0 Å². The summed E-state index contributed by atoms with van der Waals surface area (Å²) in [6.07, 6.45) is 0. The number of nitrogens with zero attached hydrogens (tertiary/aromatic N) is 1. The topological polar surface area (TPSA) is 96.0 Å². The van der Waals surface area contributed by atoms with Crippen molar-refractivity contribution in [2.24, 2.45) is 0 Å². The van der Waals surface area contributed by atoms with Gasteiger partial charge in [0.05, 0.1) is 23.0 Å². The Kier molecular flexibility index (Phi) is 5.70. The molecule has 0 saturated carbocycles. The Morgan fingerprint density at radius 2 is 1.60 bits per heavy atom. The highest BCUT2D eigenvalue weighted by Crippen LogP contribution is 2.27. The summed E-state index contributed by atoms with van der Waals surface area (Å²) >= 11 is 0. The van der Waals surface area contributed by atoms with Gasteiger partial charge in [-0.15, -0.1) is 0 Å². The van der Waals surface area contributed by atoms with E-state index < -0.39 is 0 Å². The van der Waals surface area contributed by atoms with E-state index in [1.807, 2.05) is 18.2 Å². The van der Waals surface area contributed by atoms with Crippen LogP contribution in [0, 0.1) is 11.3 Å². The number of carbonyl (C=O) groups is 2. The maximum Gasteiger partial charge on any atom is 0.255 e. The standard InChI is InChI=1S/C25H23N3O2/c1-25(2,3)19-12-10-17(11-13-19)24(30)28-22-20(8-5-9-21(22)27)23(29)18-7-4-6-16(14-18)15-26/h4-14H,27H2,1-3H3,(H,28,30). The van der Waals surface area contributed by atoms with E-state index in [-0.39, 0.29) is 34.0 Å². The number of rotatable bonds is 4. The molecule has 0 fully saturated rings. The van der Waals surface area contributed by atoms with Gasteiger partial charge in [-0.1, -0.05) is 51.1 Å². The van der Waals surface area contributed by atoms with Crippen LogP contribution in [0.2, 0.25) is 0 Å². The highest BCUT2D eigenvalue weighted by molar-refractivity contribution is 6.17. The van der Waals surface area contributed by atoms with E-state index in [2.05, 4.69) is 26.1 Å². The SMILES string of the molecule is CC(C)(C)c1ccc(C(=O)Nc2c(N)cccc2C(=O)c2cccc(C#N)c2)cc1. The summed E-state index contributed by atoms with van der Waals surface area (Å²) in [5, 5.41) is 11.9. The fourth-order valence-corrected chi connectivity index (χ4v) is 3.09. The number of nitriles is 1.